The Bertz CT molecular complexity index is 1150. The number of hydrogen-bond acceptors (Lipinski definition) is 4. The third-order valence-corrected chi connectivity index (χ3v) is 5.37. The Morgan fingerprint density at radius 2 is 1.86 bits per heavy atom. The van der Waals surface area contributed by atoms with E-state index in [1.54, 1.807) is 10.9 Å². The first-order valence-electron chi connectivity index (χ1n) is 9.42. The van der Waals surface area contributed by atoms with E-state index in [0.717, 1.165) is 35.4 Å². The van der Waals surface area contributed by atoms with Crippen molar-refractivity contribution in [2.75, 3.05) is 6.54 Å². The van der Waals surface area contributed by atoms with Crippen LogP contribution in [-0.2, 0) is 7.05 Å². The monoisotopic (exact) mass is 372 g/mol. The van der Waals surface area contributed by atoms with Gasteiger partial charge in [-0.25, -0.2) is 9.67 Å². The Balaban J connectivity index is 1.46. The minimum absolute atomic E-state index is 0.0493. The summed E-state index contributed by atoms with van der Waals surface area (Å²) in [4.78, 5) is 19.9. The highest BCUT2D eigenvalue weighted by Crippen LogP contribution is 2.33. The average Bonchev–Trinajstić information content (AvgIpc) is 3.47. The lowest BCUT2D eigenvalue weighted by Gasteiger charge is -2.23. The average molecular weight is 372 g/mol. The number of carbonyl (C=O) groups excluding carboxylic acids is 1. The molecule has 1 aliphatic heterocycles. The molecule has 0 radical (unpaired) electrons. The molecule has 0 N–H and O–H groups in total. The lowest BCUT2D eigenvalue weighted by molar-refractivity contribution is 0.0722. The minimum atomic E-state index is -0.100. The van der Waals surface area contributed by atoms with Gasteiger partial charge in [0.1, 0.15) is 5.82 Å². The number of likely N-dealkylation sites (tertiary alicyclic amines) is 1. The molecule has 1 amide bonds. The molecule has 1 fully saturated rings. The number of hydrogen-bond donors (Lipinski definition) is 0. The summed E-state index contributed by atoms with van der Waals surface area (Å²) in [5, 5.41) is 8.25. The van der Waals surface area contributed by atoms with Crippen molar-refractivity contribution in [2.45, 2.75) is 18.9 Å². The number of aromatic nitrogens is 5. The predicted molar refractivity (Wildman–Crippen MR) is 105 cm³/mol. The molecule has 2 aromatic heterocycles. The van der Waals surface area contributed by atoms with Gasteiger partial charge in [-0.3, -0.25) is 4.79 Å². The van der Waals surface area contributed by atoms with Crippen LogP contribution < -0.4 is 0 Å². The van der Waals surface area contributed by atoms with Crippen LogP contribution in [0.2, 0.25) is 0 Å². The fraction of sp³-hybridized carbons (Fsp3) is 0.238. The second-order valence-electron chi connectivity index (χ2n) is 7.06. The van der Waals surface area contributed by atoms with Crippen LogP contribution in [0.1, 0.15) is 35.2 Å². The Morgan fingerprint density at radius 1 is 1.07 bits per heavy atom. The Morgan fingerprint density at radius 3 is 2.68 bits per heavy atom. The molecule has 4 aromatic rings. The van der Waals surface area contributed by atoms with Crippen molar-refractivity contribution in [3.63, 3.8) is 0 Å². The van der Waals surface area contributed by atoms with Gasteiger partial charge in [0.15, 0.2) is 5.69 Å². The molecule has 0 saturated carbocycles. The van der Waals surface area contributed by atoms with Crippen molar-refractivity contribution in [3.8, 4) is 5.69 Å². The second-order valence-corrected chi connectivity index (χ2v) is 7.06. The third kappa shape index (κ3) is 2.67. The van der Waals surface area contributed by atoms with Crippen molar-refractivity contribution in [1.82, 2.24) is 29.4 Å². The molecule has 2 aromatic carbocycles. The maximum atomic E-state index is 13.2. The highest BCUT2D eigenvalue weighted by atomic mass is 16.2. The van der Waals surface area contributed by atoms with Gasteiger partial charge in [-0.1, -0.05) is 35.5 Å². The zero-order chi connectivity index (χ0) is 19.1. The molecule has 140 valence electrons. The van der Waals surface area contributed by atoms with Crippen molar-refractivity contribution >= 4 is 16.9 Å². The highest BCUT2D eigenvalue weighted by molar-refractivity contribution is 5.92. The molecule has 5 rings (SSSR count). The summed E-state index contributed by atoms with van der Waals surface area (Å²) >= 11 is 0. The van der Waals surface area contributed by atoms with Crippen LogP contribution in [0.3, 0.4) is 0 Å². The van der Waals surface area contributed by atoms with Crippen LogP contribution >= 0.6 is 0 Å². The van der Waals surface area contributed by atoms with E-state index in [9.17, 15) is 4.79 Å². The molecule has 0 bridgehead atoms. The second kappa shape index (κ2) is 6.60. The van der Waals surface area contributed by atoms with Crippen molar-refractivity contribution in [1.29, 1.82) is 0 Å². The van der Waals surface area contributed by atoms with Crippen LogP contribution in [0.25, 0.3) is 16.7 Å². The topological polar surface area (TPSA) is 68.8 Å². The number of para-hydroxylation sites is 3. The summed E-state index contributed by atoms with van der Waals surface area (Å²) in [6.45, 7) is 0.699. The summed E-state index contributed by atoms with van der Waals surface area (Å²) in [7, 11) is 2.01. The number of carbonyl (C=O) groups is 1. The first-order valence-corrected chi connectivity index (χ1v) is 9.42. The maximum Gasteiger partial charge on any atom is 0.276 e. The molecular weight excluding hydrogens is 352 g/mol. The van der Waals surface area contributed by atoms with E-state index in [4.69, 9.17) is 4.98 Å². The molecule has 7 heteroatoms. The summed E-state index contributed by atoms with van der Waals surface area (Å²) in [5.74, 6) is 0.819. The van der Waals surface area contributed by atoms with Gasteiger partial charge in [0.2, 0.25) is 0 Å². The molecule has 3 heterocycles. The number of imidazole rings is 1. The highest BCUT2D eigenvalue weighted by Gasteiger charge is 2.34. The van der Waals surface area contributed by atoms with Gasteiger partial charge < -0.3 is 9.47 Å². The molecule has 1 saturated heterocycles. The van der Waals surface area contributed by atoms with E-state index < -0.39 is 0 Å². The number of amides is 1. The van der Waals surface area contributed by atoms with E-state index in [1.165, 1.54) is 0 Å². The normalized spacial score (nSPS) is 16.8. The fourth-order valence-corrected chi connectivity index (χ4v) is 3.96. The summed E-state index contributed by atoms with van der Waals surface area (Å²) in [6, 6.07) is 17.7. The van der Waals surface area contributed by atoms with Crippen LogP contribution in [0.5, 0.6) is 0 Å². The number of benzene rings is 2. The van der Waals surface area contributed by atoms with Gasteiger partial charge in [-0.15, -0.1) is 5.10 Å². The van der Waals surface area contributed by atoms with Crippen LogP contribution in [0, 0.1) is 0 Å². The molecule has 28 heavy (non-hydrogen) atoms. The zero-order valence-electron chi connectivity index (χ0n) is 15.6. The Kier molecular flexibility index (Phi) is 3.93. The van der Waals surface area contributed by atoms with Gasteiger partial charge in [0.25, 0.3) is 5.91 Å². The van der Waals surface area contributed by atoms with E-state index in [0.29, 0.717) is 12.2 Å². The first kappa shape index (κ1) is 16.7. The van der Waals surface area contributed by atoms with Gasteiger partial charge in [0.05, 0.1) is 29.0 Å². The van der Waals surface area contributed by atoms with Crippen LogP contribution in [0.15, 0.2) is 60.8 Å². The quantitative estimate of drug-likeness (QED) is 0.554. The van der Waals surface area contributed by atoms with Crippen molar-refractivity contribution < 1.29 is 4.79 Å². The number of aryl methyl sites for hydroxylation is 1. The fourth-order valence-electron chi connectivity index (χ4n) is 3.96. The SMILES string of the molecule is Cn1c(C2CCCN2C(=O)c2cn(-c3ccccc3)nn2)nc2ccccc21. The minimum Gasteiger partial charge on any atom is -0.329 e. The molecule has 0 spiro atoms. The van der Waals surface area contributed by atoms with Gasteiger partial charge in [-0.2, -0.15) is 0 Å². The molecule has 7 nitrogen and oxygen atoms in total. The Hall–Kier alpha value is -3.48. The van der Waals surface area contributed by atoms with E-state index >= 15 is 0 Å². The zero-order valence-corrected chi connectivity index (χ0v) is 15.6. The lowest BCUT2D eigenvalue weighted by atomic mass is 10.2. The van der Waals surface area contributed by atoms with E-state index in [-0.39, 0.29) is 11.9 Å². The predicted octanol–water partition coefficient (Wildman–Crippen LogP) is 3.13. The van der Waals surface area contributed by atoms with Crippen LogP contribution in [0.4, 0.5) is 0 Å². The van der Waals surface area contributed by atoms with E-state index in [1.807, 2.05) is 60.5 Å². The van der Waals surface area contributed by atoms with Gasteiger partial charge in [0, 0.05) is 13.6 Å². The smallest absolute Gasteiger partial charge is 0.276 e. The third-order valence-electron chi connectivity index (χ3n) is 5.37. The maximum absolute atomic E-state index is 13.2. The summed E-state index contributed by atoms with van der Waals surface area (Å²) in [5.41, 5.74) is 3.26. The van der Waals surface area contributed by atoms with Crippen LogP contribution in [-0.4, -0.2) is 41.9 Å². The van der Waals surface area contributed by atoms with Crippen molar-refractivity contribution in [2.24, 2.45) is 7.05 Å². The molecular formula is C21H20N6O. The largest absolute Gasteiger partial charge is 0.329 e. The molecule has 1 unspecified atom stereocenters. The first-order chi connectivity index (χ1) is 13.7. The number of fused-ring (bicyclic) bond motifs is 1. The summed E-state index contributed by atoms with van der Waals surface area (Å²) < 4.78 is 3.72. The van der Waals surface area contributed by atoms with Crippen molar-refractivity contribution in [3.05, 3.63) is 72.3 Å². The Labute approximate surface area is 162 Å². The van der Waals surface area contributed by atoms with E-state index in [2.05, 4.69) is 20.9 Å². The molecule has 1 atom stereocenters. The lowest BCUT2D eigenvalue weighted by Crippen LogP contribution is -2.32. The van der Waals surface area contributed by atoms with Gasteiger partial charge >= 0.3 is 0 Å². The number of nitrogens with zero attached hydrogens (tertiary/aromatic N) is 6. The molecule has 1 aliphatic rings. The molecule has 0 aliphatic carbocycles. The van der Waals surface area contributed by atoms with Gasteiger partial charge in [-0.05, 0) is 37.1 Å². The summed E-state index contributed by atoms with van der Waals surface area (Å²) in [6.07, 6.45) is 3.55. The standard InChI is InChI=1S/C21H20N6O/c1-25-18-11-6-5-10-16(18)22-20(25)19-12-7-13-26(19)21(28)17-14-27(24-23-17)15-8-3-2-4-9-15/h2-6,8-11,14,19H,7,12-13H2,1H3. The number of rotatable bonds is 3.